The molecule has 0 fully saturated rings. The number of benzene rings is 3. The summed E-state index contributed by atoms with van der Waals surface area (Å²) in [6.07, 6.45) is -7.37. The highest BCUT2D eigenvalue weighted by molar-refractivity contribution is 5.88. The fourth-order valence-electron chi connectivity index (χ4n) is 3.46. The third-order valence-corrected chi connectivity index (χ3v) is 5.35. The lowest BCUT2D eigenvalue weighted by Gasteiger charge is -2.10. The van der Waals surface area contributed by atoms with Crippen molar-refractivity contribution in [3.05, 3.63) is 101 Å². The van der Waals surface area contributed by atoms with E-state index < -0.39 is 29.4 Å². The van der Waals surface area contributed by atoms with E-state index in [9.17, 15) is 31.1 Å². The summed E-state index contributed by atoms with van der Waals surface area (Å²) in [5.41, 5.74) is 0.781. The first-order valence-corrected chi connectivity index (χ1v) is 10.4. The zero-order chi connectivity index (χ0) is 26.1. The highest BCUT2D eigenvalue weighted by Crippen LogP contribution is 2.32. The van der Waals surface area contributed by atoms with Crippen LogP contribution in [-0.2, 0) is 18.9 Å². The SMILES string of the molecule is O=C(O)c1ccc(-c2nn(-c3ccc(C(F)(F)F)cc3)cc2CNc2ccc(C(F)(F)F)cc2)cc1. The van der Waals surface area contributed by atoms with E-state index in [1.54, 1.807) is 18.3 Å². The highest BCUT2D eigenvalue weighted by atomic mass is 19.4. The summed E-state index contributed by atoms with van der Waals surface area (Å²) in [5, 5.41) is 16.6. The van der Waals surface area contributed by atoms with E-state index >= 15 is 0 Å². The van der Waals surface area contributed by atoms with Crippen LogP contribution in [0.4, 0.5) is 32.0 Å². The highest BCUT2D eigenvalue weighted by Gasteiger charge is 2.30. The summed E-state index contributed by atoms with van der Waals surface area (Å²) in [5.74, 6) is -1.11. The van der Waals surface area contributed by atoms with Crippen molar-refractivity contribution in [2.75, 3.05) is 5.32 Å². The average Bonchev–Trinajstić information content (AvgIpc) is 3.26. The van der Waals surface area contributed by atoms with Crippen LogP contribution < -0.4 is 5.32 Å². The van der Waals surface area contributed by atoms with E-state index in [4.69, 9.17) is 5.11 Å². The number of hydrogen-bond acceptors (Lipinski definition) is 3. The molecule has 0 saturated carbocycles. The zero-order valence-corrected chi connectivity index (χ0v) is 18.2. The fraction of sp³-hybridized carbons (Fsp3) is 0.120. The van der Waals surface area contributed by atoms with Crippen LogP contribution in [-0.4, -0.2) is 20.9 Å². The smallest absolute Gasteiger partial charge is 0.416 e. The van der Waals surface area contributed by atoms with Gasteiger partial charge in [-0.1, -0.05) is 12.1 Å². The van der Waals surface area contributed by atoms with Gasteiger partial charge >= 0.3 is 18.3 Å². The molecule has 0 amide bonds. The van der Waals surface area contributed by atoms with Crippen molar-refractivity contribution >= 4 is 11.7 Å². The van der Waals surface area contributed by atoms with Gasteiger partial charge in [0.1, 0.15) is 0 Å². The molecule has 1 aromatic heterocycles. The quantitative estimate of drug-likeness (QED) is 0.280. The molecule has 186 valence electrons. The third-order valence-electron chi connectivity index (χ3n) is 5.35. The van der Waals surface area contributed by atoms with Gasteiger partial charge in [-0.15, -0.1) is 0 Å². The number of alkyl halides is 6. The van der Waals surface area contributed by atoms with E-state index in [0.29, 0.717) is 28.2 Å². The monoisotopic (exact) mass is 505 g/mol. The molecule has 0 aliphatic rings. The summed E-state index contributed by atoms with van der Waals surface area (Å²) in [6.45, 7) is 0.127. The lowest BCUT2D eigenvalue weighted by atomic mass is 10.1. The molecule has 5 nitrogen and oxygen atoms in total. The average molecular weight is 505 g/mol. The van der Waals surface area contributed by atoms with Crippen molar-refractivity contribution in [1.82, 2.24) is 9.78 Å². The maximum atomic E-state index is 12.9. The van der Waals surface area contributed by atoms with Gasteiger partial charge in [-0.3, -0.25) is 0 Å². The number of hydrogen-bond donors (Lipinski definition) is 2. The minimum Gasteiger partial charge on any atom is -0.478 e. The number of nitrogens with one attached hydrogen (secondary N) is 1. The Hall–Kier alpha value is -4.28. The van der Waals surface area contributed by atoms with Gasteiger partial charge in [0.15, 0.2) is 0 Å². The Labute approximate surface area is 200 Å². The molecule has 0 saturated heterocycles. The Morgan fingerprint density at radius 2 is 1.33 bits per heavy atom. The number of nitrogens with zero attached hydrogens (tertiary/aromatic N) is 2. The van der Waals surface area contributed by atoms with Crippen LogP contribution in [0.25, 0.3) is 16.9 Å². The molecule has 0 aliphatic heterocycles. The number of carbonyl (C=O) groups is 1. The van der Waals surface area contributed by atoms with Crippen molar-refractivity contribution in [2.24, 2.45) is 0 Å². The molecule has 4 aromatic rings. The van der Waals surface area contributed by atoms with E-state index in [0.717, 1.165) is 24.3 Å². The standard InChI is InChI=1S/C25H17F6N3O2/c26-24(27,28)18-5-9-20(10-6-18)32-13-17-14-34(21-11-7-19(8-12-21)25(29,30)31)33-22(17)15-1-3-16(4-2-15)23(35)36/h1-12,14,32H,13H2,(H,35,36). The summed E-state index contributed by atoms with van der Waals surface area (Å²) < 4.78 is 78.6. The van der Waals surface area contributed by atoms with Crippen LogP contribution >= 0.6 is 0 Å². The minimum atomic E-state index is -4.49. The van der Waals surface area contributed by atoms with Crippen LogP contribution in [0.2, 0.25) is 0 Å². The van der Waals surface area contributed by atoms with E-state index in [1.807, 2.05) is 0 Å². The predicted molar refractivity (Wildman–Crippen MR) is 120 cm³/mol. The predicted octanol–water partition coefficient (Wildman–Crippen LogP) is 6.89. The molecule has 11 heteroatoms. The maximum absolute atomic E-state index is 12.9. The molecule has 2 N–H and O–H groups in total. The molecule has 36 heavy (non-hydrogen) atoms. The first kappa shape index (κ1) is 24.8. The lowest BCUT2D eigenvalue weighted by Crippen LogP contribution is -2.05. The van der Waals surface area contributed by atoms with Crippen molar-refractivity contribution in [3.63, 3.8) is 0 Å². The maximum Gasteiger partial charge on any atom is 0.416 e. The molecular formula is C25H17F6N3O2. The summed E-state index contributed by atoms with van der Waals surface area (Å²) in [6, 6.07) is 14.7. The van der Waals surface area contributed by atoms with Gasteiger partial charge in [0.2, 0.25) is 0 Å². The Kier molecular flexibility index (Phi) is 6.49. The molecule has 0 spiro atoms. The first-order valence-electron chi connectivity index (χ1n) is 10.4. The molecule has 0 atom stereocenters. The Balaban J connectivity index is 1.66. The molecule has 0 unspecified atom stereocenters. The molecule has 4 rings (SSSR count). The normalized spacial score (nSPS) is 11.9. The van der Waals surface area contributed by atoms with Gasteiger partial charge < -0.3 is 10.4 Å². The number of rotatable bonds is 6. The van der Waals surface area contributed by atoms with E-state index in [-0.39, 0.29) is 12.1 Å². The van der Waals surface area contributed by atoms with Crippen LogP contribution in [0.5, 0.6) is 0 Å². The number of carboxylic acids is 1. The van der Waals surface area contributed by atoms with Crippen LogP contribution in [0.1, 0.15) is 27.0 Å². The number of aromatic nitrogens is 2. The Morgan fingerprint density at radius 1 is 0.806 bits per heavy atom. The zero-order valence-electron chi connectivity index (χ0n) is 18.2. The minimum absolute atomic E-state index is 0.0605. The first-order chi connectivity index (χ1) is 16.9. The number of carboxylic acid groups (broad SMARTS) is 1. The van der Waals surface area contributed by atoms with Gasteiger partial charge in [-0.25, -0.2) is 9.48 Å². The molecule has 3 aromatic carbocycles. The summed E-state index contributed by atoms with van der Waals surface area (Å²) in [7, 11) is 0. The van der Waals surface area contributed by atoms with Gasteiger partial charge in [-0.05, 0) is 60.7 Å². The van der Waals surface area contributed by atoms with E-state index in [1.165, 1.54) is 41.1 Å². The van der Waals surface area contributed by atoms with Crippen LogP contribution in [0.3, 0.4) is 0 Å². The van der Waals surface area contributed by atoms with Gasteiger partial charge in [0.25, 0.3) is 0 Å². The van der Waals surface area contributed by atoms with E-state index in [2.05, 4.69) is 10.4 Å². The largest absolute Gasteiger partial charge is 0.478 e. The molecule has 0 radical (unpaired) electrons. The van der Waals surface area contributed by atoms with Crippen molar-refractivity contribution < 1.29 is 36.2 Å². The molecule has 0 aliphatic carbocycles. The number of anilines is 1. The second kappa shape index (κ2) is 9.40. The van der Waals surface area contributed by atoms with Crippen molar-refractivity contribution in [3.8, 4) is 16.9 Å². The molecule has 1 heterocycles. The Morgan fingerprint density at radius 3 is 1.83 bits per heavy atom. The fourth-order valence-corrected chi connectivity index (χ4v) is 3.46. The summed E-state index contributed by atoms with van der Waals surface area (Å²) >= 11 is 0. The summed E-state index contributed by atoms with van der Waals surface area (Å²) in [4.78, 5) is 11.2. The Bertz CT molecular complexity index is 1360. The van der Waals surface area contributed by atoms with Gasteiger partial charge in [0.05, 0.1) is 28.1 Å². The molecule has 0 bridgehead atoms. The van der Waals surface area contributed by atoms with Crippen molar-refractivity contribution in [2.45, 2.75) is 18.9 Å². The number of aromatic carboxylic acids is 1. The molecular weight excluding hydrogens is 488 g/mol. The van der Waals surface area contributed by atoms with Gasteiger partial charge in [0, 0.05) is 29.6 Å². The van der Waals surface area contributed by atoms with Crippen LogP contribution in [0.15, 0.2) is 79.0 Å². The second-order valence-corrected chi connectivity index (χ2v) is 7.80. The third kappa shape index (κ3) is 5.51. The number of halogens is 6. The lowest BCUT2D eigenvalue weighted by molar-refractivity contribution is -0.138. The van der Waals surface area contributed by atoms with Gasteiger partial charge in [-0.2, -0.15) is 31.4 Å². The van der Waals surface area contributed by atoms with Crippen molar-refractivity contribution in [1.29, 1.82) is 0 Å². The van der Waals surface area contributed by atoms with Crippen LogP contribution in [0, 0.1) is 0 Å². The second-order valence-electron chi connectivity index (χ2n) is 7.80. The topological polar surface area (TPSA) is 67.1 Å².